The van der Waals surface area contributed by atoms with E-state index in [1.807, 2.05) is 31.2 Å². The molecule has 5 aromatic rings. The van der Waals surface area contributed by atoms with Crippen molar-refractivity contribution in [3.63, 3.8) is 0 Å². The lowest BCUT2D eigenvalue weighted by atomic mass is 10.0. The molecule has 2 aromatic heterocycles. The standard InChI is InChI=1S/C23H18N2O2/c1-3-5-19-23(27)17-9-13-7-14-10-20-16(22(26)18(4-2)24-20)8-12(14)6-15(13)11-21(17)25-19/h6-11H,3-5H2,1-2H3. The third-order valence-electron chi connectivity index (χ3n) is 5.37. The van der Waals surface area contributed by atoms with E-state index in [2.05, 4.69) is 29.0 Å². The Bertz CT molecular complexity index is 1460. The normalized spacial score (nSPS) is 12.1. The Morgan fingerprint density at radius 1 is 0.667 bits per heavy atom. The van der Waals surface area contributed by atoms with Gasteiger partial charge in [0.05, 0.1) is 33.2 Å². The first-order chi connectivity index (χ1) is 13.1. The van der Waals surface area contributed by atoms with Gasteiger partial charge >= 0.3 is 0 Å². The van der Waals surface area contributed by atoms with Gasteiger partial charge in [-0.15, -0.1) is 0 Å². The summed E-state index contributed by atoms with van der Waals surface area (Å²) in [5.74, 6) is 0. The van der Waals surface area contributed by atoms with Gasteiger partial charge in [0.1, 0.15) is 0 Å². The number of hydrogen-bond acceptors (Lipinski definition) is 4. The molecule has 132 valence electrons. The van der Waals surface area contributed by atoms with E-state index in [4.69, 9.17) is 0 Å². The van der Waals surface area contributed by atoms with E-state index in [1.165, 1.54) is 0 Å². The number of benzene rings is 3. The van der Waals surface area contributed by atoms with Crippen LogP contribution in [0.3, 0.4) is 0 Å². The molecule has 0 spiro atoms. The van der Waals surface area contributed by atoms with Crippen molar-refractivity contribution in [2.75, 3.05) is 0 Å². The monoisotopic (exact) mass is 354 g/mol. The van der Waals surface area contributed by atoms with E-state index in [9.17, 15) is 9.59 Å². The fourth-order valence-electron chi connectivity index (χ4n) is 3.98. The second-order valence-electron chi connectivity index (χ2n) is 7.16. The lowest BCUT2D eigenvalue weighted by Crippen LogP contribution is -2.03. The van der Waals surface area contributed by atoms with Crippen molar-refractivity contribution in [2.24, 2.45) is 0 Å². The van der Waals surface area contributed by atoms with E-state index < -0.39 is 0 Å². The molecule has 0 radical (unpaired) electrons. The van der Waals surface area contributed by atoms with Crippen LogP contribution < -0.4 is 10.9 Å². The molecule has 0 bridgehead atoms. The first-order valence-electron chi connectivity index (χ1n) is 9.39. The van der Waals surface area contributed by atoms with Gasteiger partial charge in [-0.1, -0.05) is 20.3 Å². The molecule has 0 aliphatic carbocycles. The molecule has 0 amide bonds. The maximum absolute atomic E-state index is 12.6. The van der Waals surface area contributed by atoms with E-state index in [1.54, 1.807) is 0 Å². The first-order valence-corrected chi connectivity index (χ1v) is 9.39. The fraction of sp³-hybridized carbons (Fsp3) is 0.217. The van der Waals surface area contributed by atoms with Gasteiger partial charge in [0.2, 0.25) is 10.9 Å². The van der Waals surface area contributed by atoms with Gasteiger partial charge in [-0.3, -0.25) is 9.59 Å². The van der Waals surface area contributed by atoms with Crippen molar-refractivity contribution in [1.29, 1.82) is 0 Å². The largest absolute Gasteiger partial charge is 0.287 e. The van der Waals surface area contributed by atoms with E-state index >= 15 is 0 Å². The van der Waals surface area contributed by atoms with Crippen LogP contribution in [0.1, 0.15) is 31.7 Å². The fourth-order valence-corrected chi connectivity index (χ4v) is 3.98. The minimum absolute atomic E-state index is 0.0304. The van der Waals surface area contributed by atoms with Gasteiger partial charge in [-0.05, 0) is 70.8 Å². The van der Waals surface area contributed by atoms with Gasteiger partial charge in [-0.25, -0.2) is 9.97 Å². The van der Waals surface area contributed by atoms with Gasteiger partial charge < -0.3 is 0 Å². The highest BCUT2D eigenvalue weighted by Crippen LogP contribution is 2.28. The summed E-state index contributed by atoms with van der Waals surface area (Å²) in [6.07, 6.45) is 2.25. The van der Waals surface area contributed by atoms with E-state index in [-0.39, 0.29) is 10.9 Å². The summed E-state index contributed by atoms with van der Waals surface area (Å²) in [6, 6.07) is 12.0. The average molecular weight is 354 g/mol. The Balaban J connectivity index is 1.83. The molecule has 4 nitrogen and oxygen atoms in total. The summed E-state index contributed by atoms with van der Waals surface area (Å²) in [6.45, 7) is 4.00. The van der Waals surface area contributed by atoms with Crippen molar-refractivity contribution in [2.45, 2.75) is 33.1 Å². The first kappa shape index (κ1) is 16.1. The zero-order valence-corrected chi connectivity index (χ0v) is 15.3. The Morgan fingerprint density at radius 2 is 1.15 bits per heavy atom. The molecule has 4 heteroatoms. The Hall–Kier alpha value is -3.14. The zero-order chi connectivity index (χ0) is 18.7. The molecule has 0 N–H and O–H groups in total. The van der Waals surface area contributed by atoms with E-state index in [0.29, 0.717) is 35.0 Å². The van der Waals surface area contributed by atoms with Crippen LogP contribution in [0, 0.1) is 0 Å². The van der Waals surface area contributed by atoms with Crippen LogP contribution in [0.25, 0.3) is 43.4 Å². The third kappa shape index (κ3) is 2.29. The molecule has 27 heavy (non-hydrogen) atoms. The maximum Gasteiger partial charge on any atom is 0.209 e. The van der Waals surface area contributed by atoms with Crippen LogP contribution in [0.5, 0.6) is 0 Å². The van der Waals surface area contributed by atoms with E-state index in [0.717, 1.165) is 39.0 Å². The van der Waals surface area contributed by atoms with Crippen LogP contribution >= 0.6 is 0 Å². The summed E-state index contributed by atoms with van der Waals surface area (Å²) in [5.41, 5.74) is 2.85. The Kier molecular flexibility index (Phi) is 3.38. The molecule has 0 saturated heterocycles. The minimum atomic E-state index is 0.0304. The van der Waals surface area contributed by atoms with Crippen LogP contribution in [-0.4, -0.2) is 9.97 Å². The molecular weight excluding hydrogens is 336 g/mol. The summed E-state index contributed by atoms with van der Waals surface area (Å²) in [5, 5.41) is 5.43. The van der Waals surface area contributed by atoms with Crippen molar-refractivity contribution in [3.8, 4) is 0 Å². The van der Waals surface area contributed by atoms with Gasteiger partial charge in [-0.2, -0.15) is 0 Å². The molecule has 0 aliphatic rings. The number of fused-ring (bicyclic) bond motifs is 4. The molecule has 0 unspecified atom stereocenters. The Labute approximate surface area is 155 Å². The smallest absolute Gasteiger partial charge is 0.209 e. The Morgan fingerprint density at radius 3 is 1.67 bits per heavy atom. The predicted molar refractivity (Wildman–Crippen MR) is 110 cm³/mol. The number of rotatable bonds is 3. The molecule has 0 saturated carbocycles. The van der Waals surface area contributed by atoms with Gasteiger partial charge in [0, 0.05) is 0 Å². The lowest BCUT2D eigenvalue weighted by molar-refractivity contribution is 0.889. The van der Waals surface area contributed by atoms with Crippen molar-refractivity contribution >= 4 is 43.4 Å². The number of hydrogen-bond donors (Lipinski definition) is 0. The summed E-state index contributed by atoms with van der Waals surface area (Å²) < 4.78 is 0. The molecular formula is C23H18N2O2. The quantitative estimate of drug-likeness (QED) is 0.456. The van der Waals surface area contributed by atoms with Gasteiger partial charge in [0.25, 0.3) is 0 Å². The molecule has 3 aromatic carbocycles. The van der Waals surface area contributed by atoms with Crippen LogP contribution in [0.15, 0.2) is 46.0 Å². The number of nitrogens with zero attached hydrogens (tertiary/aromatic N) is 2. The lowest BCUT2D eigenvalue weighted by Gasteiger charge is -2.03. The predicted octanol–water partition coefficient (Wildman–Crippen LogP) is 4.20. The highest BCUT2D eigenvalue weighted by atomic mass is 16.1. The van der Waals surface area contributed by atoms with Crippen molar-refractivity contribution in [1.82, 2.24) is 9.97 Å². The SMILES string of the molecule is CCCc1nc2cc3cc4cc5c(=O)c(CC)nc5cc4cc3cc2c1=O. The molecule has 2 heterocycles. The zero-order valence-electron chi connectivity index (χ0n) is 15.3. The van der Waals surface area contributed by atoms with Crippen LogP contribution in [0.4, 0.5) is 0 Å². The molecule has 0 atom stereocenters. The molecule has 0 aliphatic heterocycles. The summed E-state index contributed by atoms with van der Waals surface area (Å²) in [4.78, 5) is 34.0. The molecule has 0 fully saturated rings. The topological polar surface area (TPSA) is 59.9 Å². The van der Waals surface area contributed by atoms with Crippen molar-refractivity contribution in [3.05, 3.63) is 68.2 Å². The second kappa shape index (κ2) is 5.68. The number of aryl methyl sites for hydroxylation is 2. The average Bonchev–Trinajstić information content (AvgIpc) is 3.13. The minimum Gasteiger partial charge on any atom is -0.287 e. The van der Waals surface area contributed by atoms with Crippen LogP contribution in [0.2, 0.25) is 0 Å². The molecule has 5 rings (SSSR count). The summed E-state index contributed by atoms with van der Waals surface area (Å²) in [7, 11) is 0. The van der Waals surface area contributed by atoms with Crippen molar-refractivity contribution < 1.29 is 0 Å². The highest BCUT2D eigenvalue weighted by Gasteiger charge is 2.13. The number of aromatic nitrogens is 2. The van der Waals surface area contributed by atoms with Gasteiger partial charge in [0.15, 0.2) is 0 Å². The third-order valence-corrected chi connectivity index (χ3v) is 5.37. The summed E-state index contributed by atoms with van der Waals surface area (Å²) >= 11 is 0. The second-order valence-corrected chi connectivity index (χ2v) is 7.16. The maximum atomic E-state index is 12.6. The van der Waals surface area contributed by atoms with Crippen LogP contribution in [-0.2, 0) is 12.8 Å². The highest BCUT2D eigenvalue weighted by molar-refractivity contribution is 6.07.